The molecule has 1 aliphatic rings. The Bertz CT molecular complexity index is 1130. The van der Waals surface area contributed by atoms with E-state index >= 15 is 0 Å². The van der Waals surface area contributed by atoms with Gasteiger partial charge in [0.1, 0.15) is 0 Å². The maximum absolute atomic E-state index is 13.0. The van der Waals surface area contributed by atoms with Crippen molar-refractivity contribution in [3.05, 3.63) is 66.6 Å². The minimum Gasteiger partial charge on any atom is -0.337 e. The normalized spacial score (nSPS) is 17.4. The van der Waals surface area contributed by atoms with Crippen LogP contribution in [0, 0.1) is 5.92 Å². The lowest BCUT2D eigenvalue weighted by molar-refractivity contribution is -0.136. The molecular weight excluding hydrogens is 416 g/mol. The fourth-order valence-corrected chi connectivity index (χ4v) is 5.26. The number of carbonyl (C=O) groups excluding carboxylic acids is 1. The van der Waals surface area contributed by atoms with Gasteiger partial charge in [0.2, 0.25) is 27.6 Å². The minimum absolute atomic E-state index is 0.132. The number of benzene rings is 2. The van der Waals surface area contributed by atoms with Crippen molar-refractivity contribution in [3.8, 4) is 11.4 Å². The van der Waals surface area contributed by atoms with Crippen LogP contribution in [0.1, 0.15) is 18.7 Å². The lowest BCUT2D eigenvalue weighted by atomic mass is 9.98. The zero-order valence-electron chi connectivity index (χ0n) is 17.2. The van der Waals surface area contributed by atoms with Gasteiger partial charge >= 0.3 is 0 Å². The summed E-state index contributed by atoms with van der Waals surface area (Å²) in [5, 5.41) is 3.98. The molecule has 31 heavy (non-hydrogen) atoms. The molecule has 162 valence electrons. The van der Waals surface area contributed by atoms with Crippen molar-refractivity contribution in [3.63, 3.8) is 0 Å². The van der Waals surface area contributed by atoms with Gasteiger partial charge in [-0.2, -0.15) is 9.29 Å². The third kappa shape index (κ3) is 4.67. The van der Waals surface area contributed by atoms with E-state index in [1.165, 1.54) is 9.21 Å². The van der Waals surface area contributed by atoms with Gasteiger partial charge in [0.05, 0.1) is 17.4 Å². The van der Waals surface area contributed by atoms with Gasteiger partial charge in [0.15, 0.2) is 0 Å². The quantitative estimate of drug-likeness (QED) is 0.585. The highest BCUT2D eigenvalue weighted by molar-refractivity contribution is 7.89. The molecule has 2 aromatic carbocycles. The van der Waals surface area contributed by atoms with E-state index < -0.39 is 15.9 Å². The van der Waals surface area contributed by atoms with Gasteiger partial charge in [-0.1, -0.05) is 53.7 Å². The van der Waals surface area contributed by atoms with Crippen molar-refractivity contribution in [1.82, 2.24) is 19.3 Å². The number of sulfonamides is 1. The summed E-state index contributed by atoms with van der Waals surface area (Å²) < 4.78 is 32.5. The summed E-state index contributed by atoms with van der Waals surface area (Å²) in [6.45, 7) is 0.745. The van der Waals surface area contributed by atoms with Crippen LogP contribution < -0.4 is 0 Å². The molecule has 0 bridgehead atoms. The fourth-order valence-electron chi connectivity index (χ4n) is 3.72. The summed E-state index contributed by atoms with van der Waals surface area (Å²) in [5.41, 5.74) is 0.834. The minimum atomic E-state index is -3.62. The first kappa shape index (κ1) is 21.2. The van der Waals surface area contributed by atoms with Crippen LogP contribution in [0.25, 0.3) is 11.4 Å². The van der Waals surface area contributed by atoms with Crippen molar-refractivity contribution in [2.24, 2.45) is 5.92 Å². The average molecular weight is 441 g/mol. The molecule has 0 aliphatic carbocycles. The fraction of sp³-hybridized carbons (Fsp3) is 0.318. The number of carbonyl (C=O) groups is 1. The molecule has 1 saturated heterocycles. The monoisotopic (exact) mass is 440 g/mol. The number of piperidine rings is 1. The van der Waals surface area contributed by atoms with E-state index in [0.717, 1.165) is 5.56 Å². The van der Waals surface area contributed by atoms with E-state index in [9.17, 15) is 13.2 Å². The maximum atomic E-state index is 13.0. The molecule has 0 saturated carbocycles. The molecule has 1 amide bonds. The van der Waals surface area contributed by atoms with Gasteiger partial charge in [-0.25, -0.2) is 8.42 Å². The molecule has 9 heteroatoms. The molecule has 8 nitrogen and oxygen atoms in total. The van der Waals surface area contributed by atoms with E-state index in [0.29, 0.717) is 31.1 Å². The highest BCUT2D eigenvalue weighted by Crippen LogP contribution is 2.25. The Hall–Kier alpha value is -3.04. The number of nitrogens with zero attached hydrogens (tertiary/aromatic N) is 4. The van der Waals surface area contributed by atoms with E-state index in [4.69, 9.17) is 4.52 Å². The van der Waals surface area contributed by atoms with Gasteiger partial charge < -0.3 is 9.42 Å². The molecule has 1 aromatic heterocycles. The van der Waals surface area contributed by atoms with Crippen molar-refractivity contribution in [1.29, 1.82) is 0 Å². The summed E-state index contributed by atoms with van der Waals surface area (Å²) >= 11 is 0. The van der Waals surface area contributed by atoms with Gasteiger partial charge in [-0.05, 0) is 25.0 Å². The summed E-state index contributed by atoms with van der Waals surface area (Å²) in [6.07, 6.45) is 1.28. The Morgan fingerprint density at radius 1 is 1.13 bits per heavy atom. The second kappa shape index (κ2) is 8.99. The molecule has 3 aromatic rings. The molecule has 0 radical (unpaired) electrons. The van der Waals surface area contributed by atoms with Crippen LogP contribution in [0.3, 0.4) is 0 Å². The summed E-state index contributed by atoms with van der Waals surface area (Å²) in [4.78, 5) is 19.1. The topological polar surface area (TPSA) is 96.6 Å². The van der Waals surface area contributed by atoms with Crippen LogP contribution in [-0.4, -0.2) is 53.8 Å². The zero-order valence-corrected chi connectivity index (χ0v) is 18.0. The van der Waals surface area contributed by atoms with Gasteiger partial charge in [-0.15, -0.1) is 0 Å². The smallest absolute Gasteiger partial charge is 0.246 e. The van der Waals surface area contributed by atoms with Gasteiger partial charge in [-0.3, -0.25) is 4.79 Å². The summed E-state index contributed by atoms with van der Waals surface area (Å²) in [6, 6.07) is 17.8. The standard InChI is InChI=1S/C22H24N4O4S/c1-25(16-20-23-21(24-30-20)17-9-4-2-5-10-17)22(27)18-11-8-14-26(15-18)31(28,29)19-12-6-3-7-13-19/h2-7,9-10,12-13,18H,8,11,14-16H2,1H3/t18-/m1/s1. The Morgan fingerprint density at radius 3 is 2.52 bits per heavy atom. The summed E-state index contributed by atoms with van der Waals surface area (Å²) in [7, 11) is -1.95. The first-order chi connectivity index (χ1) is 14.9. The number of amides is 1. The molecule has 0 unspecified atom stereocenters. The predicted octanol–water partition coefficient (Wildman–Crippen LogP) is 2.80. The SMILES string of the molecule is CN(Cc1nc(-c2ccccc2)no1)C(=O)[C@@H]1CCCN(S(=O)(=O)c2ccccc2)C1. The van der Waals surface area contributed by atoms with Gasteiger partial charge in [0.25, 0.3) is 0 Å². The van der Waals surface area contributed by atoms with E-state index in [1.807, 2.05) is 30.3 Å². The van der Waals surface area contributed by atoms with Gasteiger partial charge in [0, 0.05) is 25.7 Å². The van der Waals surface area contributed by atoms with Crippen LogP contribution in [0.4, 0.5) is 0 Å². The molecular formula is C22H24N4O4S. The Labute approximate surface area is 181 Å². The first-order valence-corrected chi connectivity index (χ1v) is 11.6. The lowest BCUT2D eigenvalue weighted by Crippen LogP contribution is -2.45. The maximum Gasteiger partial charge on any atom is 0.246 e. The molecule has 1 atom stereocenters. The summed E-state index contributed by atoms with van der Waals surface area (Å²) in [5.74, 6) is 0.259. The number of rotatable bonds is 6. The molecule has 0 spiro atoms. The average Bonchev–Trinajstić information content (AvgIpc) is 3.28. The Balaban J connectivity index is 1.41. The van der Waals surface area contributed by atoms with Crippen LogP contribution in [0.2, 0.25) is 0 Å². The first-order valence-electron chi connectivity index (χ1n) is 10.1. The molecule has 4 rings (SSSR count). The van der Waals surface area contributed by atoms with Crippen LogP contribution in [0.5, 0.6) is 0 Å². The predicted molar refractivity (Wildman–Crippen MR) is 114 cm³/mol. The Morgan fingerprint density at radius 2 is 1.81 bits per heavy atom. The third-order valence-corrected chi connectivity index (χ3v) is 7.24. The molecule has 0 N–H and O–H groups in total. The second-order valence-corrected chi connectivity index (χ2v) is 9.53. The Kier molecular flexibility index (Phi) is 6.15. The largest absolute Gasteiger partial charge is 0.337 e. The van der Waals surface area contributed by atoms with Crippen LogP contribution in [-0.2, 0) is 21.4 Å². The van der Waals surface area contributed by atoms with E-state index in [1.54, 1.807) is 37.4 Å². The van der Waals surface area contributed by atoms with Crippen molar-refractivity contribution in [2.45, 2.75) is 24.3 Å². The number of aromatic nitrogens is 2. The molecule has 1 fully saturated rings. The van der Waals surface area contributed by atoms with Crippen LogP contribution in [0.15, 0.2) is 70.1 Å². The number of hydrogen-bond acceptors (Lipinski definition) is 6. The molecule has 1 aliphatic heterocycles. The van der Waals surface area contributed by atoms with Crippen molar-refractivity contribution < 1.29 is 17.7 Å². The second-order valence-electron chi connectivity index (χ2n) is 7.59. The lowest BCUT2D eigenvalue weighted by Gasteiger charge is -2.33. The third-order valence-electron chi connectivity index (χ3n) is 5.36. The van der Waals surface area contributed by atoms with Crippen LogP contribution >= 0.6 is 0 Å². The highest BCUT2D eigenvalue weighted by atomic mass is 32.2. The van der Waals surface area contributed by atoms with E-state index in [-0.39, 0.29) is 23.9 Å². The van der Waals surface area contributed by atoms with Crippen molar-refractivity contribution in [2.75, 3.05) is 20.1 Å². The van der Waals surface area contributed by atoms with Crippen molar-refractivity contribution >= 4 is 15.9 Å². The molecule has 2 heterocycles. The van der Waals surface area contributed by atoms with E-state index in [2.05, 4.69) is 10.1 Å². The zero-order chi connectivity index (χ0) is 21.8. The highest BCUT2D eigenvalue weighted by Gasteiger charge is 2.34. The number of hydrogen-bond donors (Lipinski definition) is 0.